The third-order valence-corrected chi connectivity index (χ3v) is 13.3. The van der Waals surface area contributed by atoms with E-state index in [2.05, 4.69) is 35.6 Å². The van der Waals surface area contributed by atoms with E-state index in [4.69, 9.17) is 25.3 Å². The number of fused-ring (bicyclic) bond motifs is 1. The number of carbonyl (C=O) groups excluding carboxylic acids is 2. The minimum absolute atomic E-state index is 0. The molecule has 2 saturated heterocycles. The number of aromatic nitrogens is 7. The Morgan fingerprint density at radius 1 is 0.718 bits per heavy atom. The van der Waals surface area contributed by atoms with Crippen molar-refractivity contribution in [2.75, 3.05) is 73.6 Å². The van der Waals surface area contributed by atoms with Crippen molar-refractivity contribution in [3.8, 4) is 0 Å². The quantitative estimate of drug-likeness (QED) is 0.122. The second kappa shape index (κ2) is 24.0. The van der Waals surface area contributed by atoms with E-state index in [0.29, 0.717) is 73.3 Å². The van der Waals surface area contributed by atoms with E-state index in [1.165, 1.54) is 25.2 Å². The number of nitrogens with zero attached hydrogens (tertiary/aromatic N) is 12. The van der Waals surface area contributed by atoms with Crippen LogP contribution in [0, 0.1) is 10.1 Å². The molecule has 0 bridgehead atoms. The van der Waals surface area contributed by atoms with Crippen molar-refractivity contribution in [1.29, 1.82) is 0 Å². The Balaban J connectivity index is 0.000000289. The summed E-state index contributed by atoms with van der Waals surface area (Å²) < 4.78 is 59.6. The molecule has 3 aromatic heterocycles. The number of amides is 2. The molecule has 0 unspecified atom stereocenters. The van der Waals surface area contributed by atoms with E-state index in [0.717, 1.165) is 29.6 Å². The maximum atomic E-state index is 12.4. The van der Waals surface area contributed by atoms with Crippen molar-refractivity contribution < 1.29 is 65.5 Å². The average Bonchev–Trinajstić information content (AvgIpc) is 3.73. The molecule has 0 atom stereocenters. The molecule has 0 saturated carbocycles. The van der Waals surface area contributed by atoms with Gasteiger partial charge in [0.05, 0.1) is 15.8 Å². The van der Waals surface area contributed by atoms with Crippen LogP contribution in [0.4, 0.5) is 44.1 Å². The summed E-state index contributed by atoms with van der Waals surface area (Å²) in [5.74, 6) is 1.59. The summed E-state index contributed by atoms with van der Waals surface area (Å²) >= 11 is 0. The molecule has 7 rings (SSSR count). The van der Waals surface area contributed by atoms with Crippen LogP contribution < -0.4 is 50.4 Å². The van der Waals surface area contributed by atoms with E-state index < -0.39 is 30.9 Å². The topological polar surface area (TPSA) is 307 Å². The van der Waals surface area contributed by atoms with Gasteiger partial charge in [0.15, 0.2) is 48.3 Å². The van der Waals surface area contributed by atoms with Crippen molar-refractivity contribution in [2.45, 2.75) is 100 Å². The van der Waals surface area contributed by atoms with Gasteiger partial charge in [-0.25, -0.2) is 51.0 Å². The normalized spacial score (nSPS) is 14.7. The Morgan fingerprint density at radius 3 is 1.56 bits per heavy atom. The number of nitrogen functional groups attached to an aromatic ring is 1. The Labute approximate surface area is 435 Å². The van der Waals surface area contributed by atoms with Crippen molar-refractivity contribution in [2.24, 2.45) is 5.34 Å². The molecule has 380 valence electrons. The summed E-state index contributed by atoms with van der Waals surface area (Å²) in [6.45, 7) is 13.4. The van der Waals surface area contributed by atoms with Gasteiger partial charge in [0.1, 0.15) is 29.5 Å². The van der Waals surface area contributed by atoms with Gasteiger partial charge in [-0.3, -0.25) is 0 Å². The smallest absolute Gasteiger partial charge is 0.444 e. The van der Waals surface area contributed by atoms with Crippen LogP contribution in [-0.4, -0.2) is 144 Å². The summed E-state index contributed by atoms with van der Waals surface area (Å²) in [5.41, 5.74) is 8.37. The van der Waals surface area contributed by atoms with Crippen molar-refractivity contribution in [1.82, 2.24) is 44.7 Å². The number of nitrogens with one attached hydrogen (secondary N) is 1. The van der Waals surface area contributed by atoms with Gasteiger partial charge in [-0.05, 0) is 116 Å². The van der Waals surface area contributed by atoms with Crippen LogP contribution >= 0.6 is 0 Å². The van der Waals surface area contributed by atoms with Gasteiger partial charge < -0.3 is 50.2 Å². The first-order valence-corrected chi connectivity index (χ1v) is 25.9. The summed E-state index contributed by atoms with van der Waals surface area (Å²) in [6, 6.07) is 13.2. The van der Waals surface area contributed by atoms with Gasteiger partial charge in [0.2, 0.25) is 0 Å². The molecule has 2 amide bonds. The number of nitrogens with two attached hydrogens (primary N) is 1. The fourth-order valence-electron chi connectivity index (χ4n) is 7.44. The Kier molecular flexibility index (Phi) is 19.5. The molecular weight excluding hydrogens is 972 g/mol. The molecule has 27 heteroatoms. The van der Waals surface area contributed by atoms with E-state index in [1.807, 2.05) is 53.5 Å². The van der Waals surface area contributed by atoms with Crippen LogP contribution in [-0.2, 0) is 29.1 Å². The Hall–Kier alpha value is -5.96. The molecule has 0 aliphatic carbocycles. The van der Waals surface area contributed by atoms with E-state index >= 15 is 0 Å². The standard InChI is InChI=1S/C22H29N7O4S.C22H32N6O4S.HNO2.Na/c1-22(2,3)33-21(30)28-12-10-16(11-13-28)29-20-18(25-26-29)19(23-14-24-20)27(4)15-6-8-17(9-7-15)34(5,31)32;1-22(2,3)32-21(29)28-12-10-15(11-13-28)26-19-18(23)20(25-14-24-19)27(4)16-6-8-17(9-7-16)33(5,30)31;2-1-3;/h6-9,14,16H,10-13H2,1-5H3;6-9,14-15H,10-13,23H2,1-5H3,(H,24,25,26);(H,2,3);/q;;;+1/p-1. The number of carbonyl (C=O) groups is 2. The van der Waals surface area contributed by atoms with Gasteiger partial charge in [-0.2, -0.15) is 0 Å². The van der Waals surface area contributed by atoms with E-state index in [-0.39, 0.29) is 63.6 Å². The maximum Gasteiger partial charge on any atom is 1.00 e. The summed E-state index contributed by atoms with van der Waals surface area (Å²) in [7, 11) is -2.91. The Morgan fingerprint density at radius 2 is 1.13 bits per heavy atom. The first kappa shape index (κ1) is 57.6. The van der Waals surface area contributed by atoms with Crippen LogP contribution in [0.5, 0.6) is 0 Å². The van der Waals surface area contributed by atoms with Crippen LogP contribution in [0.2, 0.25) is 0 Å². The number of benzene rings is 2. The number of anilines is 6. The zero-order valence-corrected chi connectivity index (χ0v) is 45.6. The minimum Gasteiger partial charge on any atom is -0.444 e. The molecule has 2 aromatic carbocycles. The van der Waals surface area contributed by atoms with Crippen molar-refractivity contribution in [3.63, 3.8) is 0 Å². The first-order chi connectivity index (χ1) is 32.7. The third-order valence-electron chi connectivity index (χ3n) is 11.0. The zero-order chi connectivity index (χ0) is 51.8. The van der Waals surface area contributed by atoms with Crippen LogP contribution in [0.3, 0.4) is 0 Å². The molecule has 5 aromatic rings. The Bertz CT molecular complexity index is 2830. The second-order valence-corrected chi connectivity index (χ2v) is 22.7. The van der Waals surface area contributed by atoms with E-state index in [9.17, 15) is 26.4 Å². The first-order valence-electron chi connectivity index (χ1n) is 22.1. The molecule has 71 heavy (non-hydrogen) atoms. The summed E-state index contributed by atoms with van der Waals surface area (Å²) in [4.78, 5) is 57.6. The third kappa shape index (κ3) is 15.8. The second-order valence-electron chi connectivity index (χ2n) is 18.7. The summed E-state index contributed by atoms with van der Waals surface area (Å²) in [6.07, 6.45) is 7.54. The molecule has 0 radical (unpaired) electrons. The van der Waals surface area contributed by atoms with Gasteiger partial charge in [0, 0.05) is 70.2 Å². The fraction of sp³-hybridized carbons (Fsp3) is 0.500. The van der Waals surface area contributed by atoms with Crippen LogP contribution in [0.25, 0.3) is 11.2 Å². The van der Waals surface area contributed by atoms with Crippen molar-refractivity contribution in [3.05, 3.63) is 71.3 Å². The van der Waals surface area contributed by atoms with E-state index in [1.54, 1.807) is 75.0 Å². The van der Waals surface area contributed by atoms with Crippen LogP contribution in [0.1, 0.15) is 73.3 Å². The molecule has 2 fully saturated rings. The van der Waals surface area contributed by atoms with Crippen molar-refractivity contribution >= 4 is 77.5 Å². The minimum atomic E-state index is -3.27. The number of hydrogen-bond acceptors (Lipinski definition) is 21. The number of rotatable bonds is 9. The van der Waals surface area contributed by atoms with Gasteiger partial charge in [-0.15, -0.1) is 10.4 Å². The fourth-order valence-corrected chi connectivity index (χ4v) is 8.70. The average molecular weight is 1030 g/mol. The predicted octanol–water partition coefficient (Wildman–Crippen LogP) is 3.26. The zero-order valence-electron chi connectivity index (χ0n) is 41.9. The number of piperidine rings is 2. The molecule has 5 heterocycles. The number of sulfone groups is 2. The molecule has 2 aliphatic heterocycles. The largest absolute Gasteiger partial charge is 1.00 e. The molecule has 0 spiro atoms. The van der Waals surface area contributed by atoms with Gasteiger partial charge >= 0.3 is 41.7 Å². The number of likely N-dealkylation sites (tertiary alicyclic amines) is 2. The van der Waals surface area contributed by atoms with Gasteiger partial charge in [0.25, 0.3) is 0 Å². The molecule has 24 nitrogen and oxygen atoms in total. The predicted molar refractivity (Wildman–Crippen MR) is 264 cm³/mol. The maximum absolute atomic E-state index is 12.4. The number of ether oxygens (including phenoxy) is 2. The monoisotopic (exact) mass is 1030 g/mol. The SMILES string of the molecule is CN(c1ccc(S(C)(=O)=O)cc1)c1ncnc(NC2CCN(C(=O)OC(C)(C)C)CC2)c1N.CN(c1ccc(S(C)(=O)=O)cc1)c1ncnc2c1nnn2C1CCN(C(=O)OC(C)(C)C)CC1.O=N[O-].[Na+]. The summed E-state index contributed by atoms with van der Waals surface area (Å²) in [5, 5.41) is 21.1. The molecule has 3 N–H and O–H groups in total. The van der Waals surface area contributed by atoms with Crippen LogP contribution in [0.15, 0.2) is 76.3 Å². The molecular formula is C44H61N14NaO10S2. The molecule has 2 aliphatic rings. The van der Waals surface area contributed by atoms with Gasteiger partial charge in [-0.1, -0.05) is 5.21 Å². The number of hydrogen-bond donors (Lipinski definition) is 2.